The maximum absolute atomic E-state index is 9.66. The minimum absolute atomic E-state index is 0.0231. The van der Waals surface area contributed by atoms with Gasteiger partial charge >= 0.3 is 0 Å². The molecule has 2 rings (SSSR count). The smallest absolute Gasteiger partial charge is 0.0602 e. The van der Waals surface area contributed by atoms with Crippen LogP contribution >= 0.6 is 0 Å². The van der Waals surface area contributed by atoms with Crippen molar-refractivity contribution in [2.45, 2.75) is 51.7 Å². The van der Waals surface area contributed by atoms with E-state index in [0.717, 1.165) is 32.2 Å². The predicted octanol–water partition coefficient (Wildman–Crippen LogP) is 0.501. The maximum Gasteiger partial charge on any atom is 0.0602 e. The van der Waals surface area contributed by atoms with Crippen molar-refractivity contribution in [1.29, 1.82) is 0 Å². The van der Waals surface area contributed by atoms with Crippen LogP contribution in [0, 0.1) is 5.41 Å². The van der Waals surface area contributed by atoms with Crippen molar-refractivity contribution in [2.24, 2.45) is 11.1 Å². The van der Waals surface area contributed by atoms with Crippen molar-refractivity contribution in [1.82, 2.24) is 9.80 Å². The molecule has 106 valence electrons. The molecule has 4 heteroatoms. The van der Waals surface area contributed by atoms with Gasteiger partial charge in [0.25, 0.3) is 0 Å². The molecule has 1 saturated carbocycles. The van der Waals surface area contributed by atoms with Crippen LogP contribution in [0.3, 0.4) is 0 Å². The number of piperazine rings is 1. The Labute approximate surface area is 111 Å². The second kappa shape index (κ2) is 5.45. The summed E-state index contributed by atoms with van der Waals surface area (Å²) in [6, 6.07) is 0.984. The molecule has 1 heterocycles. The lowest BCUT2D eigenvalue weighted by Crippen LogP contribution is -2.60. The van der Waals surface area contributed by atoms with Gasteiger partial charge in [-0.1, -0.05) is 20.8 Å². The zero-order valence-electron chi connectivity index (χ0n) is 12.1. The highest BCUT2D eigenvalue weighted by Gasteiger charge is 2.36. The minimum Gasteiger partial charge on any atom is -0.395 e. The lowest BCUT2D eigenvalue weighted by molar-refractivity contribution is 0.0307. The van der Waals surface area contributed by atoms with Gasteiger partial charge in [-0.25, -0.2) is 0 Å². The molecule has 2 unspecified atom stereocenters. The van der Waals surface area contributed by atoms with Crippen LogP contribution in [0.1, 0.15) is 33.6 Å². The third-order valence-corrected chi connectivity index (χ3v) is 4.48. The van der Waals surface area contributed by atoms with Crippen molar-refractivity contribution >= 4 is 0 Å². The van der Waals surface area contributed by atoms with Crippen LogP contribution in [0.2, 0.25) is 0 Å². The Hall–Kier alpha value is -0.160. The fraction of sp³-hybridized carbons (Fsp3) is 1.00. The van der Waals surface area contributed by atoms with Gasteiger partial charge in [0.05, 0.1) is 6.61 Å². The van der Waals surface area contributed by atoms with E-state index in [1.54, 1.807) is 0 Å². The molecule has 0 aromatic carbocycles. The van der Waals surface area contributed by atoms with Crippen LogP contribution in [0.15, 0.2) is 0 Å². The van der Waals surface area contributed by atoms with Gasteiger partial charge in [0, 0.05) is 44.3 Å². The van der Waals surface area contributed by atoms with E-state index in [-0.39, 0.29) is 24.1 Å². The third-order valence-electron chi connectivity index (χ3n) is 4.48. The SMILES string of the molecule is CC(C)(C)C(N)C(CO)N1CCN(C2CC2)CC1. The van der Waals surface area contributed by atoms with Crippen LogP contribution in [0.5, 0.6) is 0 Å². The van der Waals surface area contributed by atoms with Crippen molar-refractivity contribution < 1.29 is 5.11 Å². The summed E-state index contributed by atoms with van der Waals surface area (Å²) in [7, 11) is 0. The van der Waals surface area contributed by atoms with E-state index in [2.05, 4.69) is 30.6 Å². The summed E-state index contributed by atoms with van der Waals surface area (Å²) in [6.07, 6.45) is 2.76. The first kappa shape index (κ1) is 14.3. The molecule has 0 spiro atoms. The molecular formula is C14H29N3O. The monoisotopic (exact) mass is 255 g/mol. The van der Waals surface area contributed by atoms with Gasteiger partial charge in [-0.15, -0.1) is 0 Å². The van der Waals surface area contributed by atoms with E-state index in [1.807, 2.05) is 0 Å². The summed E-state index contributed by atoms with van der Waals surface area (Å²) in [6.45, 7) is 11.0. The van der Waals surface area contributed by atoms with E-state index in [1.165, 1.54) is 12.8 Å². The third kappa shape index (κ3) is 3.23. The molecule has 1 aliphatic heterocycles. The van der Waals surface area contributed by atoms with Gasteiger partial charge < -0.3 is 10.8 Å². The van der Waals surface area contributed by atoms with Crippen LogP contribution in [-0.4, -0.2) is 65.8 Å². The van der Waals surface area contributed by atoms with E-state index in [9.17, 15) is 5.11 Å². The summed E-state index contributed by atoms with van der Waals surface area (Å²) in [4.78, 5) is 4.97. The van der Waals surface area contributed by atoms with Crippen molar-refractivity contribution in [3.63, 3.8) is 0 Å². The van der Waals surface area contributed by atoms with Crippen LogP contribution in [-0.2, 0) is 0 Å². The van der Waals surface area contributed by atoms with E-state index < -0.39 is 0 Å². The Balaban J connectivity index is 1.89. The number of hydrogen-bond acceptors (Lipinski definition) is 4. The summed E-state index contributed by atoms with van der Waals surface area (Å²) in [5, 5.41) is 9.66. The van der Waals surface area contributed by atoms with Gasteiger partial charge in [-0.3, -0.25) is 9.80 Å². The topological polar surface area (TPSA) is 52.7 Å². The number of hydrogen-bond donors (Lipinski definition) is 2. The van der Waals surface area contributed by atoms with Crippen LogP contribution in [0.25, 0.3) is 0 Å². The quantitative estimate of drug-likeness (QED) is 0.768. The minimum atomic E-state index is 0.0231. The molecule has 3 N–H and O–H groups in total. The first-order valence-corrected chi connectivity index (χ1v) is 7.28. The standard InChI is InChI=1S/C14H29N3O/c1-14(2,3)13(15)12(10-18)17-8-6-16(7-9-17)11-4-5-11/h11-13,18H,4-10,15H2,1-3H3. The largest absolute Gasteiger partial charge is 0.395 e. The normalized spacial score (nSPS) is 27.2. The molecule has 2 atom stereocenters. The summed E-state index contributed by atoms with van der Waals surface area (Å²) >= 11 is 0. The average molecular weight is 255 g/mol. The Bertz CT molecular complexity index is 265. The molecule has 0 bridgehead atoms. The second-order valence-electron chi connectivity index (χ2n) is 6.94. The Morgan fingerprint density at radius 1 is 1.17 bits per heavy atom. The molecule has 2 aliphatic rings. The fourth-order valence-electron chi connectivity index (χ4n) is 2.91. The summed E-state index contributed by atoms with van der Waals surface area (Å²) in [5.74, 6) is 0. The van der Waals surface area contributed by atoms with Crippen molar-refractivity contribution in [3.8, 4) is 0 Å². The fourth-order valence-corrected chi connectivity index (χ4v) is 2.91. The second-order valence-corrected chi connectivity index (χ2v) is 6.94. The highest BCUT2D eigenvalue weighted by molar-refractivity contribution is 4.93. The Morgan fingerprint density at radius 3 is 2.11 bits per heavy atom. The molecule has 0 radical (unpaired) electrons. The van der Waals surface area contributed by atoms with E-state index in [0.29, 0.717) is 0 Å². The van der Waals surface area contributed by atoms with Gasteiger partial charge in [0.15, 0.2) is 0 Å². The highest BCUT2D eigenvalue weighted by atomic mass is 16.3. The molecule has 1 aliphatic carbocycles. The number of rotatable bonds is 4. The van der Waals surface area contributed by atoms with Crippen molar-refractivity contribution in [2.75, 3.05) is 32.8 Å². The molecule has 1 saturated heterocycles. The molecule has 0 amide bonds. The van der Waals surface area contributed by atoms with Gasteiger partial charge in [0.2, 0.25) is 0 Å². The van der Waals surface area contributed by atoms with Gasteiger partial charge in [-0.05, 0) is 18.3 Å². The van der Waals surface area contributed by atoms with Gasteiger partial charge in [0.1, 0.15) is 0 Å². The Morgan fingerprint density at radius 2 is 1.72 bits per heavy atom. The first-order valence-electron chi connectivity index (χ1n) is 7.28. The molecule has 0 aromatic rings. The van der Waals surface area contributed by atoms with E-state index >= 15 is 0 Å². The summed E-state index contributed by atoms with van der Waals surface area (Å²) in [5.41, 5.74) is 6.37. The number of nitrogens with zero attached hydrogens (tertiary/aromatic N) is 2. The summed E-state index contributed by atoms with van der Waals surface area (Å²) < 4.78 is 0. The molecular weight excluding hydrogens is 226 g/mol. The first-order chi connectivity index (χ1) is 8.43. The molecule has 0 aromatic heterocycles. The predicted molar refractivity (Wildman–Crippen MR) is 74.5 cm³/mol. The molecule has 18 heavy (non-hydrogen) atoms. The maximum atomic E-state index is 9.66. The Kier molecular flexibility index (Phi) is 4.32. The average Bonchev–Trinajstić information content (AvgIpc) is 3.13. The number of aliphatic hydroxyl groups excluding tert-OH is 1. The zero-order valence-corrected chi connectivity index (χ0v) is 12.1. The number of nitrogens with two attached hydrogens (primary N) is 1. The number of aliphatic hydroxyl groups is 1. The molecule has 2 fully saturated rings. The van der Waals surface area contributed by atoms with Gasteiger partial charge in [-0.2, -0.15) is 0 Å². The van der Waals surface area contributed by atoms with Crippen molar-refractivity contribution in [3.05, 3.63) is 0 Å². The lowest BCUT2D eigenvalue weighted by Gasteiger charge is -2.44. The molecule has 4 nitrogen and oxygen atoms in total. The van der Waals surface area contributed by atoms with Crippen LogP contribution < -0.4 is 5.73 Å². The lowest BCUT2D eigenvalue weighted by atomic mass is 9.82. The van der Waals surface area contributed by atoms with Crippen LogP contribution in [0.4, 0.5) is 0 Å². The highest BCUT2D eigenvalue weighted by Crippen LogP contribution is 2.29. The van der Waals surface area contributed by atoms with E-state index in [4.69, 9.17) is 5.73 Å². The zero-order chi connectivity index (χ0) is 13.3.